The number of hydrogen-bond donors (Lipinski definition) is 4. The number of rotatable bonds is 9. The molecule has 2 atom stereocenters. The Labute approximate surface area is 137 Å². The zero-order chi connectivity index (χ0) is 18.3. The molecular weight excluding hydrogens is 323 g/mol. The van der Waals surface area contributed by atoms with Gasteiger partial charge in [-0.15, -0.1) is 0 Å². The molecule has 132 valence electrons. The second-order valence-electron chi connectivity index (χ2n) is 5.39. The maximum Gasteiger partial charge on any atom is 0.305 e. The minimum atomic E-state index is -1.50. The summed E-state index contributed by atoms with van der Waals surface area (Å²) < 4.78 is 12.5. The van der Waals surface area contributed by atoms with Crippen molar-refractivity contribution in [1.29, 1.82) is 0 Å². The Balaban J connectivity index is 2.82. The van der Waals surface area contributed by atoms with Crippen molar-refractivity contribution in [3.63, 3.8) is 0 Å². The molecule has 4 N–H and O–H groups in total. The number of aromatic amines is 1. The highest BCUT2D eigenvalue weighted by atomic mass is 19.1. The second-order valence-corrected chi connectivity index (χ2v) is 5.39. The maximum absolute atomic E-state index is 12.5. The molecule has 1 aromatic rings. The number of hydrogen-bond acceptors (Lipinski definition) is 5. The number of carbonyl (C=O) groups is 4. The Bertz CT molecular complexity index is 602. The lowest BCUT2D eigenvalue weighted by Crippen LogP contribution is -2.54. The van der Waals surface area contributed by atoms with Gasteiger partial charge in [0.05, 0.1) is 6.42 Å². The SMILES string of the molecule is CC(C)[C@H](NC(=O)c1ncc[nH]1)C(=O)NC(CC(=O)O)C(=O)CF. The van der Waals surface area contributed by atoms with Crippen molar-refractivity contribution in [1.82, 2.24) is 20.6 Å². The largest absolute Gasteiger partial charge is 0.481 e. The summed E-state index contributed by atoms with van der Waals surface area (Å²) in [7, 11) is 0. The lowest BCUT2D eigenvalue weighted by Gasteiger charge is -2.23. The van der Waals surface area contributed by atoms with Gasteiger partial charge in [-0.2, -0.15) is 0 Å². The van der Waals surface area contributed by atoms with Crippen LogP contribution in [0, 0.1) is 5.92 Å². The topological polar surface area (TPSA) is 141 Å². The fraction of sp³-hybridized carbons (Fsp3) is 0.500. The van der Waals surface area contributed by atoms with E-state index in [0.29, 0.717) is 0 Å². The molecular formula is C14H19FN4O5. The number of carbonyl (C=O) groups excluding carboxylic acids is 3. The lowest BCUT2D eigenvalue weighted by molar-refractivity contribution is -0.140. The Morgan fingerprint density at radius 1 is 1.29 bits per heavy atom. The van der Waals surface area contributed by atoms with Crippen molar-refractivity contribution in [2.24, 2.45) is 5.92 Å². The first-order valence-electron chi connectivity index (χ1n) is 7.17. The van der Waals surface area contributed by atoms with Gasteiger partial charge >= 0.3 is 5.97 Å². The van der Waals surface area contributed by atoms with Crippen molar-refractivity contribution in [3.8, 4) is 0 Å². The fourth-order valence-corrected chi connectivity index (χ4v) is 1.91. The first-order chi connectivity index (χ1) is 11.3. The van der Waals surface area contributed by atoms with Crippen LogP contribution in [0.2, 0.25) is 0 Å². The van der Waals surface area contributed by atoms with Gasteiger partial charge in [0.25, 0.3) is 5.91 Å². The summed E-state index contributed by atoms with van der Waals surface area (Å²) in [5.74, 6) is -4.20. The minimum absolute atomic E-state index is 0.00429. The van der Waals surface area contributed by atoms with Crippen molar-refractivity contribution < 1.29 is 28.7 Å². The van der Waals surface area contributed by atoms with E-state index in [1.54, 1.807) is 13.8 Å². The highest BCUT2D eigenvalue weighted by Crippen LogP contribution is 2.05. The van der Waals surface area contributed by atoms with Gasteiger partial charge in [-0.05, 0) is 5.92 Å². The number of halogens is 1. The van der Waals surface area contributed by atoms with Crippen LogP contribution in [0.3, 0.4) is 0 Å². The normalized spacial score (nSPS) is 13.2. The highest BCUT2D eigenvalue weighted by molar-refractivity contribution is 5.97. The number of carboxylic acids is 1. The first kappa shape index (κ1) is 19.3. The molecule has 1 unspecified atom stereocenters. The number of Topliss-reactive ketones (excluding diaryl/α,β-unsaturated/α-hetero) is 1. The van der Waals surface area contributed by atoms with E-state index in [4.69, 9.17) is 5.11 Å². The summed E-state index contributed by atoms with van der Waals surface area (Å²) in [6.45, 7) is 1.90. The molecule has 1 heterocycles. The second kappa shape index (κ2) is 8.75. The van der Waals surface area contributed by atoms with Crippen LogP contribution in [-0.4, -0.2) is 57.4 Å². The lowest BCUT2D eigenvalue weighted by atomic mass is 10.0. The van der Waals surface area contributed by atoms with Crippen LogP contribution in [0.4, 0.5) is 4.39 Å². The number of carboxylic acid groups (broad SMARTS) is 1. The van der Waals surface area contributed by atoms with E-state index < -0.39 is 48.7 Å². The predicted octanol–water partition coefficient (Wildman–Crippen LogP) is -0.338. The van der Waals surface area contributed by atoms with Gasteiger partial charge in [0.15, 0.2) is 11.6 Å². The molecule has 0 fully saturated rings. The molecule has 9 nitrogen and oxygen atoms in total. The Hall–Kier alpha value is -2.78. The summed E-state index contributed by atoms with van der Waals surface area (Å²) in [6.07, 6.45) is 2.05. The van der Waals surface area contributed by atoms with E-state index in [0.717, 1.165) is 0 Å². The van der Waals surface area contributed by atoms with Gasteiger partial charge in [-0.3, -0.25) is 19.2 Å². The van der Waals surface area contributed by atoms with E-state index >= 15 is 0 Å². The molecule has 24 heavy (non-hydrogen) atoms. The van der Waals surface area contributed by atoms with E-state index in [1.807, 2.05) is 0 Å². The molecule has 0 bridgehead atoms. The van der Waals surface area contributed by atoms with Crippen LogP contribution in [0.25, 0.3) is 0 Å². The monoisotopic (exact) mass is 342 g/mol. The number of H-pyrrole nitrogens is 1. The van der Waals surface area contributed by atoms with Crippen LogP contribution in [-0.2, 0) is 14.4 Å². The molecule has 0 saturated carbocycles. The summed E-state index contributed by atoms with van der Waals surface area (Å²) >= 11 is 0. The van der Waals surface area contributed by atoms with Gasteiger partial charge < -0.3 is 20.7 Å². The van der Waals surface area contributed by atoms with Crippen molar-refractivity contribution in [2.45, 2.75) is 32.4 Å². The van der Waals surface area contributed by atoms with Crippen molar-refractivity contribution in [3.05, 3.63) is 18.2 Å². The average molecular weight is 342 g/mol. The molecule has 0 saturated heterocycles. The third-order valence-corrected chi connectivity index (χ3v) is 3.16. The molecule has 0 aromatic carbocycles. The van der Waals surface area contributed by atoms with Crippen molar-refractivity contribution >= 4 is 23.6 Å². The number of amides is 2. The van der Waals surface area contributed by atoms with Gasteiger partial charge in [-0.25, -0.2) is 9.37 Å². The molecule has 2 amide bonds. The number of ketones is 1. The third-order valence-electron chi connectivity index (χ3n) is 3.16. The average Bonchev–Trinajstić information content (AvgIpc) is 3.04. The van der Waals surface area contributed by atoms with Gasteiger partial charge in [0.1, 0.15) is 18.8 Å². The summed E-state index contributed by atoms with van der Waals surface area (Å²) in [5, 5.41) is 13.4. The predicted molar refractivity (Wildman–Crippen MR) is 79.8 cm³/mol. The van der Waals surface area contributed by atoms with Crippen LogP contribution < -0.4 is 10.6 Å². The minimum Gasteiger partial charge on any atom is -0.481 e. The molecule has 0 aliphatic heterocycles. The molecule has 0 aliphatic carbocycles. The third kappa shape index (κ3) is 5.45. The number of nitrogens with zero attached hydrogens (tertiary/aromatic N) is 1. The fourth-order valence-electron chi connectivity index (χ4n) is 1.91. The van der Waals surface area contributed by atoms with Crippen LogP contribution >= 0.6 is 0 Å². The Morgan fingerprint density at radius 2 is 1.96 bits per heavy atom. The Kier molecular flexibility index (Phi) is 7.02. The molecule has 1 rings (SSSR count). The van der Waals surface area contributed by atoms with Crippen molar-refractivity contribution in [2.75, 3.05) is 6.67 Å². The first-order valence-corrected chi connectivity index (χ1v) is 7.17. The van der Waals surface area contributed by atoms with Gasteiger partial charge in [0.2, 0.25) is 5.91 Å². The number of aliphatic carboxylic acids is 1. The highest BCUT2D eigenvalue weighted by Gasteiger charge is 2.30. The molecule has 0 spiro atoms. The van der Waals surface area contributed by atoms with Crippen LogP contribution in [0.15, 0.2) is 12.4 Å². The summed E-state index contributed by atoms with van der Waals surface area (Å²) in [6, 6.07) is -2.55. The number of imidazole rings is 1. The van der Waals surface area contributed by atoms with Gasteiger partial charge in [0, 0.05) is 12.4 Å². The molecule has 10 heteroatoms. The maximum atomic E-state index is 12.5. The number of nitrogens with one attached hydrogen (secondary N) is 3. The summed E-state index contributed by atoms with van der Waals surface area (Å²) in [4.78, 5) is 52.7. The molecule has 1 aromatic heterocycles. The van der Waals surface area contributed by atoms with E-state index in [1.165, 1.54) is 12.4 Å². The van der Waals surface area contributed by atoms with Crippen LogP contribution in [0.5, 0.6) is 0 Å². The van der Waals surface area contributed by atoms with E-state index in [2.05, 4.69) is 20.6 Å². The quantitative estimate of drug-likeness (QED) is 0.484. The Morgan fingerprint density at radius 3 is 2.42 bits per heavy atom. The van der Waals surface area contributed by atoms with E-state index in [-0.39, 0.29) is 11.7 Å². The summed E-state index contributed by atoms with van der Waals surface area (Å²) in [5.41, 5.74) is 0. The molecule has 0 radical (unpaired) electrons. The standard InChI is InChI=1S/C14H19FN4O5/c1-7(2)11(19-14(24)12-16-3-4-17-12)13(23)18-8(5-10(21)22)9(20)6-15/h3-4,7-8,11H,5-6H2,1-2H3,(H,16,17)(H,18,23)(H,19,24)(H,21,22)/t8?,11-/m0/s1. The smallest absolute Gasteiger partial charge is 0.305 e. The van der Waals surface area contributed by atoms with Crippen LogP contribution in [0.1, 0.15) is 30.9 Å². The number of alkyl halides is 1. The number of aromatic nitrogens is 2. The van der Waals surface area contributed by atoms with Gasteiger partial charge in [-0.1, -0.05) is 13.8 Å². The zero-order valence-corrected chi connectivity index (χ0v) is 13.2. The van der Waals surface area contributed by atoms with E-state index in [9.17, 15) is 23.6 Å². The zero-order valence-electron chi connectivity index (χ0n) is 13.2. The molecule has 0 aliphatic rings.